The van der Waals surface area contributed by atoms with Crippen LogP contribution in [-0.2, 0) is 0 Å². The molecule has 0 unspecified atom stereocenters. The second-order valence-corrected chi connectivity index (χ2v) is 14.7. The zero-order chi connectivity index (χ0) is 35.6. The number of furan rings is 1. The minimum absolute atomic E-state index is 0.910. The van der Waals surface area contributed by atoms with Crippen molar-refractivity contribution in [3.63, 3.8) is 0 Å². The molecule has 54 heavy (non-hydrogen) atoms. The number of para-hydroxylation sites is 3. The summed E-state index contributed by atoms with van der Waals surface area (Å²) in [5, 5.41) is 9.56. The number of hydrogen-bond donors (Lipinski definition) is 0. The Balaban J connectivity index is 1.15. The van der Waals surface area contributed by atoms with Gasteiger partial charge in [0.15, 0.2) is 0 Å². The summed E-state index contributed by atoms with van der Waals surface area (Å²) >= 11 is 1.85. The van der Waals surface area contributed by atoms with Gasteiger partial charge in [0.25, 0.3) is 0 Å². The Labute approximate surface area is 316 Å². The highest BCUT2D eigenvalue weighted by atomic mass is 32.1. The number of nitrogens with zero attached hydrogens (tertiary/aromatic N) is 2. The van der Waals surface area contributed by atoms with Crippen LogP contribution in [0.15, 0.2) is 199 Å². The predicted octanol–water partition coefficient (Wildman–Crippen LogP) is 15.2. The molecule has 0 aliphatic heterocycles. The SMILES string of the molecule is c1ccc(N(c2ccccc2)c2ccc(N(c3ccc4c(c3)c3ccccc3c3c5ccccc5oc43)c3cccc4c3sc3ccccc34)cc2)cc1. The predicted molar refractivity (Wildman–Crippen MR) is 231 cm³/mol. The molecule has 0 bridgehead atoms. The molecule has 2 aromatic heterocycles. The first-order chi connectivity index (χ1) is 26.8. The monoisotopic (exact) mass is 708 g/mol. The summed E-state index contributed by atoms with van der Waals surface area (Å²) in [6, 6.07) is 69.5. The van der Waals surface area contributed by atoms with Crippen molar-refractivity contribution in [3.05, 3.63) is 194 Å². The van der Waals surface area contributed by atoms with Crippen LogP contribution in [-0.4, -0.2) is 0 Å². The Morgan fingerprint density at radius 3 is 1.65 bits per heavy atom. The molecule has 11 aromatic rings. The van der Waals surface area contributed by atoms with E-state index >= 15 is 0 Å². The molecule has 0 saturated heterocycles. The van der Waals surface area contributed by atoms with Crippen molar-refractivity contribution in [1.82, 2.24) is 0 Å². The Morgan fingerprint density at radius 1 is 0.352 bits per heavy atom. The third-order valence-corrected chi connectivity index (χ3v) is 11.8. The van der Waals surface area contributed by atoms with Gasteiger partial charge in [0.05, 0.1) is 10.4 Å². The van der Waals surface area contributed by atoms with E-state index in [-0.39, 0.29) is 0 Å². The molecule has 0 radical (unpaired) electrons. The topological polar surface area (TPSA) is 19.6 Å². The molecule has 2 heterocycles. The summed E-state index contributed by atoms with van der Waals surface area (Å²) in [4.78, 5) is 4.73. The van der Waals surface area contributed by atoms with Crippen molar-refractivity contribution in [1.29, 1.82) is 0 Å². The second-order valence-electron chi connectivity index (χ2n) is 13.7. The van der Waals surface area contributed by atoms with Crippen molar-refractivity contribution in [2.75, 3.05) is 9.80 Å². The van der Waals surface area contributed by atoms with Crippen LogP contribution in [0.5, 0.6) is 0 Å². The molecule has 4 heteroatoms. The smallest absolute Gasteiger partial charge is 0.143 e. The minimum Gasteiger partial charge on any atom is -0.455 e. The minimum atomic E-state index is 0.910. The van der Waals surface area contributed by atoms with Gasteiger partial charge in [-0.25, -0.2) is 0 Å². The lowest BCUT2D eigenvalue weighted by molar-refractivity contribution is 0.673. The molecule has 0 aliphatic carbocycles. The normalized spacial score (nSPS) is 11.7. The quantitative estimate of drug-likeness (QED) is 0.160. The maximum atomic E-state index is 6.63. The van der Waals surface area contributed by atoms with Gasteiger partial charge < -0.3 is 14.2 Å². The van der Waals surface area contributed by atoms with E-state index in [4.69, 9.17) is 4.42 Å². The first kappa shape index (κ1) is 30.7. The standard InChI is InChI=1S/C50H32N2OS/c1-3-14-33(15-4-1)51(34-16-5-2-6-17-34)35-26-28-36(29-27-35)52(45-23-13-22-42-39-19-10-12-25-47(39)54-50(42)45)37-30-31-41-44(32-37)38-18-7-8-20-40(38)48-43-21-9-11-24-46(43)53-49(41)48/h1-32H. The van der Waals surface area contributed by atoms with Crippen LogP contribution in [0.1, 0.15) is 0 Å². The molecule has 11 rings (SSSR count). The Hall–Kier alpha value is -6.88. The van der Waals surface area contributed by atoms with Gasteiger partial charge in [-0.15, -0.1) is 11.3 Å². The van der Waals surface area contributed by atoms with E-state index in [0.29, 0.717) is 0 Å². The van der Waals surface area contributed by atoms with E-state index in [0.717, 1.165) is 56.1 Å². The van der Waals surface area contributed by atoms with E-state index < -0.39 is 0 Å². The average molecular weight is 709 g/mol. The molecule has 9 aromatic carbocycles. The first-order valence-electron chi connectivity index (χ1n) is 18.3. The van der Waals surface area contributed by atoms with Gasteiger partial charge in [0.2, 0.25) is 0 Å². The fourth-order valence-electron chi connectivity index (χ4n) is 8.22. The largest absolute Gasteiger partial charge is 0.455 e. The summed E-state index contributed by atoms with van der Waals surface area (Å²) in [5.74, 6) is 0. The van der Waals surface area contributed by atoms with E-state index in [1.165, 1.54) is 41.7 Å². The molecule has 3 nitrogen and oxygen atoms in total. The average Bonchev–Trinajstić information content (AvgIpc) is 3.82. The van der Waals surface area contributed by atoms with Crippen LogP contribution in [0.2, 0.25) is 0 Å². The Bertz CT molecular complexity index is 3130. The third kappa shape index (κ3) is 4.81. The van der Waals surface area contributed by atoms with Crippen LogP contribution < -0.4 is 9.80 Å². The molecule has 254 valence electrons. The number of anilines is 6. The number of thiophene rings is 1. The number of benzene rings is 9. The molecule has 0 spiro atoms. The highest BCUT2D eigenvalue weighted by Crippen LogP contribution is 2.48. The van der Waals surface area contributed by atoms with E-state index in [9.17, 15) is 0 Å². The van der Waals surface area contributed by atoms with Crippen LogP contribution in [0.25, 0.3) is 63.7 Å². The molecular formula is C50H32N2OS. The van der Waals surface area contributed by atoms with E-state index in [1.807, 2.05) is 17.4 Å². The highest BCUT2D eigenvalue weighted by Gasteiger charge is 2.22. The Kier molecular flexibility index (Phi) is 7.04. The van der Waals surface area contributed by atoms with Crippen LogP contribution in [0.4, 0.5) is 34.1 Å². The molecular weight excluding hydrogens is 677 g/mol. The third-order valence-electron chi connectivity index (χ3n) is 10.6. The zero-order valence-corrected chi connectivity index (χ0v) is 30.0. The van der Waals surface area contributed by atoms with Crippen LogP contribution in [0, 0.1) is 0 Å². The Morgan fingerprint density at radius 2 is 0.907 bits per heavy atom. The van der Waals surface area contributed by atoms with E-state index in [2.05, 4.69) is 198 Å². The summed E-state index contributed by atoms with van der Waals surface area (Å²) in [7, 11) is 0. The molecule has 0 N–H and O–H groups in total. The highest BCUT2D eigenvalue weighted by molar-refractivity contribution is 7.26. The van der Waals surface area contributed by atoms with Crippen molar-refractivity contribution in [2.24, 2.45) is 0 Å². The maximum absolute atomic E-state index is 6.63. The first-order valence-corrected chi connectivity index (χ1v) is 19.1. The maximum Gasteiger partial charge on any atom is 0.143 e. The van der Waals surface area contributed by atoms with E-state index in [1.54, 1.807) is 0 Å². The van der Waals surface area contributed by atoms with Gasteiger partial charge in [0, 0.05) is 60.1 Å². The summed E-state index contributed by atoms with van der Waals surface area (Å²) in [6.45, 7) is 0. The molecule has 0 amide bonds. The number of rotatable bonds is 6. The van der Waals surface area contributed by atoms with Gasteiger partial charge in [-0.3, -0.25) is 0 Å². The van der Waals surface area contributed by atoms with Crippen molar-refractivity contribution >= 4 is 109 Å². The second kappa shape index (κ2) is 12.4. The lowest BCUT2D eigenvalue weighted by Gasteiger charge is -2.29. The molecule has 0 aliphatic rings. The lowest BCUT2D eigenvalue weighted by Crippen LogP contribution is -2.12. The summed E-state index contributed by atoms with van der Waals surface area (Å²) < 4.78 is 9.17. The van der Waals surface area contributed by atoms with Crippen LogP contribution >= 0.6 is 11.3 Å². The van der Waals surface area contributed by atoms with Gasteiger partial charge in [-0.2, -0.15) is 0 Å². The molecule has 0 saturated carbocycles. The fraction of sp³-hybridized carbons (Fsp3) is 0. The van der Waals surface area contributed by atoms with Crippen molar-refractivity contribution in [3.8, 4) is 0 Å². The van der Waals surface area contributed by atoms with Gasteiger partial charge >= 0.3 is 0 Å². The van der Waals surface area contributed by atoms with Crippen molar-refractivity contribution < 1.29 is 4.42 Å². The van der Waals surface area contributed by atoms with Crippen LogP contribution in [0.3, 0.4) is 0 Å². The van der Waals surface area contributed by atoms with Gasteiger partial charge in [0.1, 0.15) is 11.2 Å². The fourth-order valence-corrected chi connectivity index (χ4v) is 9.42. The lowest BCUT2D eigenvalue weighted by atomic mass is 9.96. The molecule has 0 atom stereocenters. The number of hydrogen-bond acceptors (Lipinski definition) is 4. The number of fused-ring (bicyclic) bond motifs is 11. The van der Waals surface area contributed by atoms with Gasteiger partial charge in [-0.1, -0.05) is 109 Å². The zero-order valence-electron chi connectivity index (χ0n) is 29.2. The van der Waals surface area contributed by atoms with Crippen molar-refractivity contribution in [2.45, 2.75) is 0 Å². The summed E-state index contributed by atoms with van der Waals surface area (Å²) in [6.07, 6.45) is 0. The molecule has 0 fully saturated rings. The van der Waals surface area contributed by atoms with Gasteiger partial charge in [-0.05, 0) is 101 Å². The summed E-state index contributed by atoms with van der Waals surface area (Å²) in [5.41, 5.74) is 8.48.